The van der Waals surface area contributed by atoms with Gasteiger partial charge in [0.25, 0.3) is 0 Å². The van der Waals surface area contributed by atoms with Crippen LogP contribution in [0.25, 0.3) is 0 Å². The zero-order chi connectivity index (χ0) is 9.40. The number of aliphatic hydroxyl groups excluding tert-OH is 3. The van der Waals surface area contributed by atoms with E-state index in [1.807, 2.05) is 0 Å². The van der Waals surface area contributed by atoms with Gasteiger partial charge in [0.2, 0.25) is 0 Å². The number of aliphatic hydroxyl groups is 3. The second kappa shape index (κ2) is 7.28. The molecule has 0 saturated heterocycles. The molecule has 72 valence electrons. The predicted molar refractivity (Wildman–Crippen MR) is 47.8 cm³/mol. The van der Waals surface area contributed by atoms with E-state index in [9.17, 15) is 0 Å². The van der Waals surface area contributed by atoms with Gasteiger partial charge in [0.05, 0.1) is 19.8 Å². The van der Waals surface area contributed by atoms with Gasteiger partial charge in [0, 0.05) is 0 Å². The summed E-state index contributed by atoms with van der Waals surface area (Å²) in [6.07, 6.45) is 2.80. The zero-order valence-electron chi connectivity index (χ0n) is 7.58. The van der Waals surface area contributed by atoms with Crippen LogP contribution >= 0.6 is 0 Å². The van der Waals surface area contributed by atoms with E-state index in [1.165, 1.54) is 0 Å². The molecule has 3 nitrogen and oxygen atoms in total. The van der Waals surface area contributed by atoms with Crippen LogP contribution in [0.1, 0.15) is 26.2 Å². The molecule has 0 unspecified atom stereocenters. The van der Waals surface area contributed by atoms with Crippen LogP contribution in [0.2, 0.25) is 0 Å². The van der Waals surface area contributed by atoms with Crippen LogP contribution in [0.3, 0.4) is 0 Å². The molecule has 0 saturated carbocycles. The first-order chi connectivity index (χ1) is 5.79. The first-order valence-electron chi connectivity index (χ1n) is 4.32. The molecular formula is C9H18O3. The monoisotopic (exact) mass is 174 g/mol. The van der Waals surface area contributed by atoms with Crippen LogP contribution in [0.4, 0.5) is 0 Å². The van der Waals surface area contributed by atoms with E-state index in [0.717, 1.165) is 24.8 Å². The summed E-state index contributed by atoms with van der Waals surface area (Å²) in [6.45, 7) is 1.69. The molecular weight excluding hydrogens is 156 g/mol. The van der Waals surface area contributed by atoms with Crippen molar-refractivity contribution in [1.29, 1.82) is 0 Å². The van der Waals surface area contributed by atoms with E-state index in [4.69, 9.17) is 15.3 Å². The lowest BCUT2D eigenvalue weighted by Gasteiger charge is -2.08. The van der Waals surface area contributed by atoms with Crippen molar-refractivity contribution in [2.24, 2.45) is 0 Å². The highest BCUT2D eigenvalue weighted by atomic mass is 16.3. The molecule has 0 aromatic heterocycles. The molecule has 0 aliphatic heterocycles. The molecule has 0 aromatic rings. The summed E-state index contributed by atoms with van der Waals surface area (Å²) >= 11 is 0. The van der Waals surface area contributed by atoms with Crippen molar-refractivity contribution in [3.05, 3.63) is 11.1 Å². The Kier molecular flexibility index (Phi) is 7.05. The Morgan fingerprint density at radius 2 is 1.42 bits per heavy atom. The Labute approximate surface area is 73.4 Å². The second-order valence-electron chi connectivity index (χ2n) is 2.79. The molecule has 0 radical (unpaired) electrons. The first-order valence-corrected chi connectivity index (χ1v) is 4.32. The van der Waals surface area contributed by atoms with Gasteiger partial charge in [0.1, 0.15) is 0 Å². The SMILES string of the molecule is CCCCC(CO)=C(CO)CO. The van der Waals surface area contributed by atoms with Gasteiger partial charge in [-0.1, -0.05) is 13.3 Å². The fraction of sp³-hybridized carbons (Fsp3) is 0.778. The minimum atomic E-state index is -0.157. The van der Waals surface area contributed by atoms with Gasteiger partial charge < -0.3 is 15.3 Å². The standard InChI is InChI=1S/C9H18O3/c1-2-3-4-8(5-10)9(6-11)7-12/h10-12H,2-7H2,1H3. The molecule has 3 N–H and O–H groups in total. The summed E-state index contributed by atoms with van der Waals surface area (Å²) in [7, 11) is 0. The van der Waals surface area contributed by atoms with E-state index in [2.05, 4.69) is 6.92 Å². The maximum Gasteiger partial charge on any atom is 0.0667 e. The summed E-state index contributed by atoms with van der Waals surface area (Å²) in [5.41, 5.74) is 1.34. The summed E-state index contributed by atoms with van der Waals surface area (Å²) in [4.78, 5) is 0. The highest BCUT2D eigenvalue weighted by Gasteiger charge is 2.03. The Bertz CT molecular complexity index is 135. The number of hydrogen-bond acceptors (Lipinski definition) is 3. The van der Waals surface area contributed by atoms with Crippen LogP contribution in [0, 0.1) is 0 Å². The Morgan fingerprint density at radius 3 is 1.75 bits per heavy atom. The molecule has 0 amide bonds. The van der Waals surface area contributed by atoms with E-state index in [1.54, 1.807) is 0 Å². The minimum Gasteiger partial charge on any atom is -0.392 e. The van der Waals surface area contributed by atoms with Crippen LogP contribution in [0.15, 0.2) is 11.1 Å². The zero-order valence-corrected chi connectivity index (χ0v) is 7.58. The molecule has 0 atom stereocenters. The normalized spacial score (nSPS) is 10.0. The third-order valence-corrected chi connectivity index (χ3v) is 1.90. The first kappa shape index (κ1) is 11.6. The van der Waals surface area contributed by atoms with Crippen molar-refractivity contribution in [3.63, 3.8) is 0 Å². The molecule has 3 heteroatoms. The highest BCUT2D eigenvalue weighted by Crippen LogP contribution is 2.11. The van der Waals surface area contributed by atoms with Crippen LogP contribution in [-0.2, 0) is 0 Å². The molecule has 0 aliphatic rings. The van der Waals surface area contributed by atoms with Crippen molar-refractivity contribution in [2.75, 3.05) is 19.8 Å². The summed E-state index contributed by atoms with van der Waals surface area (Å²) in [5, 5.41) is 26.5. The Balaban J connectivity index is 4.14. The summed E-state index contributed by atoms with van der Waals surface area (Å²) in [6, 6.07) is 0. The third-order valence-electron chi connectivity index (χ3n) is 1.90. The fourth-order valence-electron chi connectivity index (χ4n) is 1.03. The average molecular weight is 174 g/mol. The topological polar surface area (TPSA) is 60.7 Å². The lowest BCUT2D eigenvalue weighted by atomic mass is 10.0. The predicted octanol–water partition coefficient (Wildman–Crippen LogP) is 0.450. The lowest BCUT2D eigenvalue weighted by molar-refractivity contribution is 0.264. The molecule has 0 aromatic carbocycles. The number of unbranched alkanes of at least 4 members (excludes halogenated alkanes) is 1. The van der Waals surface area contributed by atoms with Gasteiger partial charge in [-0.05, 0) is 24.0 Å². The van der Waals surface area contributed by atoms with Crippen molar-refractivity contribution >= 4 is 0 Å². The van der Waals surface area contributed by atoms with Gasteiger partial charge >= 0.3 is 0 Å². The molecule has 0 spiro atoms. The molecule has 0 fully saturated rings. The van der Waals surface area contributed by atoms with Crippen molar-refractivity contribution < 1.29 is 15.3 Å². The highest BCUT2D eigenvalue weighted by molar-refractivity contribution is 5.15. The van der Waals surface area contributed by atoms with E-state index in [-0.39, 0.29) is 19.8 Å². The van der Waals surface area contributed by atoms with Crippen molar-refractivity contribution in [1.82, 2.24) is 0 Å². The number of rotatable bonds is 6. The average Bonchev–Trinajstić information content (AvgIpc) is 2.12. The molecule has 12 heavy (non-hydrogen) atoms. The smallest absolute Gasteiger partial charge is 0.0667 e. The van der Waals surface area contributed by atoms with Crippen LogP contribution < -0.4 is 0 Å². The van der Waals surface area contributed by atoms with Crippen molar-refractivity contribution in [2.45, 2.75) is 26.2 Å². The Morgan fingerprint density at radius 1 is 0.917 bits per heavy atom. The van der Waals surface area contributed by atoms with Gasteiger partial charge in [-0.2, -0.15) is 0 Å². The number of hydrogen-bond donors (Lipinski definition) is 3. The Hall–Kier alpha value is -0.380. The van der Waals surface area contributed by atoms with Gasteiger partial charge in [-0.15, -0.1) is 0 Å². The van der Waals surface area contributed by atoms with Crippen molar-refractivity contribution in [3.8, 4) is 0 Å². The van der Waals surface area contributed by atoms with E-state index in [0.29, 0.717) is 5.57 Å². The molecule has 0 rings (SSSR count). The van der Waals surface area contributed by atoms with E-state index >= 15 is 0 Å². The fourth-order valence-corrected chi connectivity index (χ4v) is 1.03. The summed E-state index contributed by atoms with van der Waals surface area (Å²) < 4.78 is 0. The van der Waals surface area contributed by atoms with Gasteiger partial charge in [-0.25, -0.2) is 0 Å². The molecule has 0 aliphatic carbocycles. The van der Waals surface area contributed by atoms with Crippen LogP contribution in [-0.4, -0.2) is 35.1 Å². The third kappa shape index (κ3) is 3.85. The van der Waals surface area contributed by atoms with E-state index < -0.39 is 0 Å². The maximum absolute atomic E-state index is 8.91. The summed E-state index contributed by atoms with van der Waals surface area (Å²) in [5.74, 6) is 0. The maximum atomic E-state index is 8.91. The van der Waals surface area contributed by atoms with Crippen LogP contribution in [0.5, 0.6) is 0 Å². The largest absolute Gasteiger partial charge is 0.392 e. The lowest BCUT2D eigenvalue weighted by Crippen LogP contribution is -2.05. The van der Waals surface area contributed by atoms with Gasteiger partial charge in [-0.3, -0.25) is 0 Å². The second-order valence-corrected chi connectivity index (χ2v) is 2.79. The van der Waals surface area contributed by atoms with Gasteiger partial charge in [0.15, 0.2) is 0 Å². The minimum absolute atomic E-state index is 0.0591. The molecule has 0 bridgehead atoms. The quantitative estimate of drug-likeness (QED) is 0.512. The molecule has 0 heterocycles.